The number of sulfonamides is 1. The number of benzene rings is 2. The number of halogens is 1. The quantitative estimate of drug-likeness (QED) is 0.853. The molecular formula is C12H11ClN2O2S2. The maximum atomic E-state index is 11.3. The summed E-state index contributed by atoms with van der Waals surface area (Å²) in [6, 6.07) is 11.6. The minimum absolute atomic E-state index is 0.0335. The fraction of sp³-hybridized carbons (Fsp3) is 0. The molecule has 0 aliphatic carbocycles. The van der Waals surface area contributed by atoms with Crippen LogP contribution < -0.4 is 10.9 Å². The molecule has 19 heavy (non-hydrogen) atoms. The normalized spacial score (nSPS) is 11.5. The Bertz CT molecular complexity index is 717. The van der Waals surface area contributed by atoms with Gasteiger partial charge in [0, 0.05) is 20.5 Å². The second kappa shape index (κ2) is 5.42. The Morgan fingerprint density at radius 2 is 1.84 bits per heavy atom. The minimum Gasteiger partial charge on any atom is -0.398 e. The monoisotopic (exact) mass is 314 g/mol. The molecule has 0 amide bonds. The molecule has 0 aliphatic heterocycles. The summed E-state index contributed by atoms with van der Waals surface area (Å²) in [6.45, 7) is 0. The largest absolute Gasteiger partial charge is 0.398 e. The van der Waals surface area contributed by atoms with Crippen LogP contribution in [0.4, 0.5) is 5.69 Å². The van der Waals surface area contributed by atoms with Gasteiger partial charge in [0.2, 0.25) is 10.0 Å². The van der Waals surface area contributed by atoms with E-state index in [0.717, 1.165) is 4.90 Å². The average Bonchev–Trinajstić information content (AvgIpc) is 2.30. The van der Waals surface area contributed by atoms with Gasteiger partial charge in [0.05, 0.1) is 4.90 Å². The molecule has 0 aliphatic rings. The standard InChI is InChI=1S/C12H11ClN2O2S2/c13-8-2-1-3-9(6-8)18-12-7-10(19(15,16)17)4-5-11(12)14/h1-7H,14H2,(H2,15,16,17). The molecule has 0 saturated carbocycles. The van der Waals surface area contributed by atoms with Crippen LogP contribution in [-0.2, 0) is 10.0 Å². The number of anilines is 1. The molecule has 0 atom stereocenters. The topological polar surface area (TPSA) is 86.2 Å². The lowest BCUT2D eigenvalue weighted by molar-refractivity contribution is 0.597. The summed E-state index contributed by atoms with van der Waals surface area (Å²) < 4.78 is 22.6. The van der Waals surface area contributed by atoms with Crippen molar-refractivity contribution in [2.75, 3.05) is 5.73 Å². The van der Waals surface area contributed by atoms with Crippen LogP contribution in [0.2, 0.25) is 5.02 Å². The van der Waals surface area contributed by atoms with Crippen molar-refractivity contribution in [1.29, 1.82) is 0 Å². The fourth-order valence-electron chi connectivity index (χ4n) is 1.44. The zero-order chi connectivity index (χ0) is 14.0. The van der Waals surface area contributed by atoms with Crippen molar-refractivity contribution in [3.63, 3.8) is 0 Å². The van der Waals surface area contributed by atoms with Gasteiger partial charge in [-0.05, 0) is 36.4 Å². The Hall–Kier alpha value is -1.21. The van der Waals surface area contributed by atoms with Crippen LogP contribution in [0.3, 0.4) is 0 Å². The van der Waals surface area contributed by atoms with Crippen LogP contribution in [0.1, 0.15) is 0 Å². The molecule has 2 aromatic rings. The summed E-state index contributed by atoms with van der Waals surface area (Å²) in [6.07, 6.45) is 0. The van der Waals surface area contributed by atoms with E-state index in [1.807, 2.05) is 12.1 Å². The predicted molar refractivity (Wildman–Crippen MR) is 77.8 cm³/mol. The number of nitrogens with two attached hydrogens (primary N) is 2. The first-order valence-electron chi connectivity index (χ1n) is 5.22. The van der Waals surface area contributed by atoms with E-state index in [-0.39, 0.29) is 4.90 Å². The van der Waals surface area contributed by atoms with Gasteiger partial charge in [0.25, 0.3) is 0 Å². The van der Waals surface area contributed by atoms with Gasteiger partial charge in [0.15, 0.2) is 0 Å². The maximum absolute atomic E-state index is 11.3. The molecule has 0 aromatic heterocycles. The van der Waals surface area contributed by atoms with Crippen molar-refractivity contribution in [3.8, 4) is 0 Å². The van der Waals surface area contributed by atoms with Gasteiger partial charge >= 0.3 is 0 Å². The Kier molecular flexibility index (Phi) is 4.05. The van der Waals surface area contributed by atoms with Crippen LogP contribution in [0.25, 0.3) is 0 Å². The summed E-state index contributed by atoms with van der Waals surface area (Å²) in [4.78, 5) is 1.52. The number of hydrogen-bond acceptors (Lipinski definition) is 4. The van der Waals surface area contributed by atoms with E-state index < -0.39 is 10.0 Å². The molecule has 2 aromatic carbocycles. The Morgan fingerprint density at radius 3 is 2.47 bits per heavy atom. The van der Waals surface area contributed by atoms with Gasteiger partial charge in [-0.1, -0.05) is 29.4 Å². The van der Waals surface area contributed by atoms with E-state index in [1.54, 1.807) is 12.1 Å². The summed E-state index contributed by atoms with van der Waals surface area (Å²) in [7, 11) is -3.74. The number of rotatable bonds is 3. The van der Waals surface area contributed by atoms with Crippen molar-refractivity contribution >= 4 is 39.1 Å². The second-order valence-electron chi connectivity index (χ2n) is 3.80. The van der Waals surface area contributed by atoms with Crippen LogP contribution in [-0.4, -0.2) is 8.42 Å². The van der Waals surface area contributed by atoms with E-state index in [0.29, 0.717) is 15.6 Å². The van der Waals surface area contributed by atoms with Gasteiger partial charge in [-0.2, -0.15) is 0 Å². The first-order valence-corrected chi connectivity index (χ1v) is 7.96. The first-order chi connectivity index (χ1) is 8.86. The lowest BCUT2D eigenvalue weighted by Gasteiger charge is -2.07. The number of nitrogen functional groups attached to an aromatic ring is 1. The lowest BCUT2D eigenvalue weighted by Crippen LogP contribution is -2.12. The molecule has 0 unspecified atom stereocenters. The number of primary sulfonamides is 1. The zero-order valence-corrected chi connectivity index (χ0v) is 12.1. The third-order valence-electron chi connectivity index (χ3n) is 2.34. The van der Waals surface area contributed by atoms with Gasteiger partial charge in [-0.3, -0.25) is 0 Å². The van der Waals surface area contributed by atoms with Crippen LogP contribution in [0, 0.1) is 0 Å². The number of hydrogen-bond donors (Lipinski definition) is 2. The van der Waals surface area contributed by atoms with Gasteiger partial charge in [0.1, 0.15) is 0 Å². The molecule has 0 bridgehead atoms. The Labute approximate surface area is 120 Å². The van der Waals surface area contributed by atoms with Crippen molar-refractivity contribution in [2.24, 2.45) is 5.14 Å². The Morgan fingerprint density at radius 1 is 1.11 bits per heavy atom. The molecule has 0 radical (unpaired) electrons. The van der Waals surface area contributed by atoms with E-state index in [2.05, 4.69) is 0 Å². The molecule has 4 N–H and O–H groups in total. The summed E-state index contributed by atoms with van der Waals surface area (Å²) in [5, 5.41) is 5.70. The third kappa shape index (κ3) is 3.63. The molecule has 7 heteroatoms. The highest BCUT2D eigenvalue weighted by Crippen LogP contribution is 2.34. The van der Waals surface area contributed by atoms with E-state index >= 15 is 0 Å². The highest BCUT2D eigenvalue weighted by Gasteiger charge is 2.11. The van der Waals surface area contributed by atoms with E-state index in [9.17, 15) is 8.42 Å². The molecule has 0 fully saturated rings. The Balaban J connectivity index is 2.40. The predicted octanol–water partition coefficient (Wildman–Crippen LogP) is 2.72. The van der Waals surface area contributed by atoms with Gasteiger partial charge < -0.3 is 5.73 Å². The van der Waals surface area contributed by atoms with Crippen LogP contribution in [0.5, 0.6) is 0 Å². The molecule has 0 heterocycles. The molecule has 4 nitrogen and oxygen atoms in total. The maximum Gasteiger partial charge on any atom is 0.238 e. The SMILES string of the molecule is Nc1ccc(S(N)(=O)=O)cc1Sc1cccc(Cl)c1. The fourth-order valence-corrected chi connectivity index (χ4v) is 3.27. The summed E-state index contributed by atoms with van der Waals surface area (Å²) in [5.41, 5.74) is 6.31. The van der Waals surface area contributed by atoms with Gasteiger partial charge in [-0.15, -0.1) is 0 Å². The van der Waals surface area contributed by atoms with Crippen molar-refractivity contribution in [1.82, 2.24) is 0 Å². The summed E-state index contributed by atoms with van der Waals surface area (Å²) >= 11 is 7.22. The first kappa shape index (κ1) is 14.2. The summed E-state index contributed by atoms with van der Waals surface area (Å²) in [5.74, 6) is 0. The highest BCUT2D eigenvalue weighted by molar-refractivity contribution is 7.99. The third-order valence-corrected chi connectivity index (χ3v) is 4.55. The van der Waals surface area contributed by atoms with Crippen molar-refractivity contribution in [3.05, 3.63) is 47.5 Å². The molecule has 2 rings (SSSR count). The van der Waals surface area contributed by atoms with Crippen LogP contribution in [0.15, 0.2) is 57.2 Å². The molecular weight excluding hydrogens is 304 g/mol. The van der Waals surface area contributed by atoms with Gasteiger partial charge in [-0.25, -0.2) is 13.6 Å². The molecule has 100 valence electrons. The van der Waals surface area contributed by atoms with E-state index in [4.69, 9.17) is 22.5 Å². The molecule has 0 saturated heterocycles. The molecule has 0 spiro atoms. The highest BCUT2D eigenvalue weighted by atomic mass is 35.5. The minimum atomic E-state index is -3.74. The second-order valence-corrected chi connectivity index (χ2v) is 6.92. The average molecular weight is 315 g/mol. The van der Waals surface area contributed by atoms with E-state index in [1.165, 1.54) is 30.0 Å². The lowest BCUT2D eigenvalue weighted by atomic mass is 10.3. The van der Waals surface area contributed by atoms with Crippen molar-refractivity contribution in [2.45, 2.75) is 14.7 Å². The zero-order valence-electron chi connectivity index (χ0n) is 9.71. The van der Waals surface area contributed by atoms with Crippen LogP contribution >= 0.6 is 23.4 Å². The van der Waals surface area contributed by atoms with Crippen molar-refractivity contribution < 1.29 is 8.42 Å². The smallest absolute Gasteiger partial charge is 0.238 e.